The minimum absolute atomic E-state index is 0.0510. The summed E-state index contributed by atoms with van der Waals surface area (Å²) in [7, 11) is 0. The standard InChI is InChI=1S/C10H16N4O4/c11-2-3-14-5-8(12-6-14)9(16)13-7(1-4-15)10(17)18/h5-7,15H,1-4,11H2,(H,13,16)(H,17,18)/t7-/m1/s1. The molecule has 5 N–H and O–H groups in total. The molecule has 8 heteroatoms. The Labute approximate surface area is 103 Å². The van der Waals surface area contributed by atoms with Crippen molar-refractivity contribution in [2.24, 2.45) is 5.73 Å². The van der Waals surface area contributed by atoms with Crippen molar-refractivity contribution in [3.8, 4) is 0 Å². The van der Waals surface area contributed by atoms with Crippen LogP contribution in [-0.4, -0.2) is 50.8 Å². The van der Waals surface area contributed by atoms with E-state index in [1.54, 1.807) is 4.57 Å². The molecule has 100 valence electrons. The molecule has 0 fully saturated rings. The number of hydrogen-bond acceptors (Lipinski definition) is 5. The third-order valence-corrected chi connectivity index (χ3v) is 2.27. The van der Waals surface area contributed by atoms with Gasteiger partial charge in [-0.25, -0.2) is 9.78 Å². The molecule has 1 aromatic heterocycles. The Morgan fingerprint density at radius 1 is 1.56 bits per heavy atom. The van der Waals surface area contributed by atoms with Crippen LogP contribution >= 0.6 is 0 Å². The minimum Gasteiger partial charge on any atom is -0.480 e. The van der Waals surface area contributed by atoms with Gasteiger partial charge in [0.15, 0.2) is 0 Å². The summed E-state index contributed by atoms with van der Waals surface area (Å²) in [6.45, 7) is 0.623. The highest BCUT2D eigenvalue weighted by atomic mass is 16.4. The molecule has 1 rings (SSSR count). The van der Waals surface area contributed by atoms with Crippen LogP contribution in [0.4, 0.5) is 0 Å². The molecule has 0 saturated heterocycles. The monoisotopic (exact) mass is 256 g/mol. The number of amides is 1. The highest BCUT2D eigenvalue weighted by molar-refractivity contribution is 5.94. The van der Waals surface area contributed by atoms with E-state index in [0.717, 1.165) is 0 Å². The number of imidazole rings is 1. The molecule has 0 radical (unpaired) electrons. The van der Waals surface area contributed by atoms with Crippen molar-refractivity contribution in [2.75, 3.05) is 13.2 Å². The first-order valence-electron chi connectivity index (χ1n) is 5.45. The van der Waals surface area contributed by atoms with E-state index in [0.29, 0.717) is 13.1 Å². The second-order valence-corrected chi connectivity index (χ2v) is 3.66. The topological polar surface area (TPSA) is 130 Å². The van der Waals surface area contributed by atoms with Crippen LogP contribution in [0.3, 0.4) is 0 Å². The predicted octanol–water partition coefficient (Wildman–Crippen LogP) is -1.59. The first-order valence-corrected chi connectivity index (χ1v) is 5.45. The maximum atomic E-state index is 11.7. The molecule has 0 aromatic carbocycles. The Morgan fingerprint density at radius 3 is 2.83 bits per heavy atom. The molecule has 1 atom stereocenters. The number of nitrogens with two attached hydrogens (primary N) is 1. The Kier molecular flexibility index (Phi) is 5.28. The minimum atomic E-state index is -1.20. The fourth-order valence-corrected chi connectivity index (χ4v) is 1.37. The van der Waals surface area contributed by atoms with Gasteiger partial charge < -0.3 is 25.8 Å². The van der Waals surface area contributed by atoms with Crippen LogP contribution < -0.4 is 11.1 Å². The largest absolute Gasteiger partial charge is 0.480 e. The molecule has 8 nitrogen and oxygen atoms in total. The Morgan fingerprint density at radius 2 is 2.28 bits per heavy atom. The molecule has 1 amide bonds. The predicted molar refractivity (Wildman–Crippen MR) is 61.9 cm³/mol. The summed E-state index contributed by atoms with van der Waals surface area (Å²) in [5, 5.41) is 19.8. The molecule has 0 unspecified atom stereocenters. The number of aromatic nitrogens is 2. The maximum Gasteiger partial charge on any atom is 0.326 e. The van der Waals surface area contributed by atoms with Crippen molar-refractivity contribution in [3.05, 3.63) is 18.2 Å². The number of carbonyl (C=O) groups excluding carboxylic acids is 1. The van der Waals surface area contributed by atoms with Crippen LogP contribution in [-0.2, 0) is 11.3 Å². The molecule has 0 bridgehead atoms. The number of rotatable bonds is 7. The van der Waals surface area contributed by atoms with Gasteiger partial charge in [-0.3, -0.25) is 4.79 Å². The quantitative estimate of drug-likeness (QED) is 0.465. The summed E-state index contributed by atoms with van der Waals surface area (Å²) in [6, 6.07) is -1.12. The average Bonchev–Trinajstić information content (AvgIpc) is 2.77. The van der Waals surface area contributed by atoms with Gasteiger partial charge in [-0.05, 0) is 0 Å². The van der Waals surface area contributed by atoms with Crippen LogP contribution in [0.15, 0.2) is 12.5 Å². The van der Waals surface area contributed by atoms with Crippen LogP contribution in [0.2, 0.25) is 0 Å². The van der Waals surface area contributed by atoms with E-state index >= 15 is 0 Å². The third kappa shape index (κ3) is 3.82. The van der Waals surface area contributed by atoms with E-state index in [-0.39, 0.29) is 18.7 Å². The van der Waals surface area contributed by atoms with Crippen LogP contribution in [0.5, 0.6) is 0 Å². The summed E-state index contributed by atoms with van der Waals surface area (Å²) >= 11 is 0. The molecule has 0 aliphatic rings. The molecule has 0 spiro atoms. The molecule has 1 heterocycles. The fraction of sp³-hybridized carbons (Fsp3) is 0.500. The lowest BCUT2D eigenvalue weighted by Crippen LogP contribution is -2.41. The molecule has 1 aromatic rings. The van der Waals surface area contributed by atoms with E-state index in [2.05, 4.69) is 10.3 Å². The molecule has 0 aliphatic carbocycles. The van der Waals surface area contributed by atoms with E-state index in [9.17, 15) is 9.59 Å². The maximum absolute atomic E-state index is 11.7. The van der Waals surface area contributed by atoms with Crippen molar-refractivity contribution < 1.29 is 19.8 Å². The Hall–Kier alpha value is -1.93. The molecule has 0 aliphatic heterocycles. The number of carboxylic acids is 1. The Balaban J connectivity index is 2.64. The van der Waals surface area contributed by atoms with Gasteiger partial charge in [-0.15, -0.1) is 0 Å². The van der Waals surface area contributed by atoms with Crippen LogP contribution in [0.25, 0.3) is 0 Å². The smallest absolute Gasteiger partial charge is 0.326 e. The second-order valence-electron chi connectivity index (χ2n) is 3.66. The summed E-state index contributed by atoms with van der Waals surface area (Å²) in [6.07, 6.45) is 2.88. The number of nitrogens with zero attached hydrogens (tertiary/aromatic N) is 2. The van der Waals surface area contributed by atoms with Crippen molar-refractivity contribution in [3.63, 3.8) is 0 Å². The van der Waals surface area contributed by atoms with Gasteiger partial charge in [-0.2, -0.15) is 0 Å². The molecular formula is C10H16N4O4. The van der Waals surface area contributed by atoms with Gasteiger partial charge in [0.05, 0.1) is 6.33 Å². The van der Waals surface area contributed by atoms with Crippen LogP contribution in [0, 0.1) is 0 Å². The highest BCUT2D eigenvalue weighted by Crippen LogP contribution is 1.99. The van der Waals surface area contributed by atoms with Gasteiger partial charge in [0.2, 0.25) is 0 Å². The Bertz CT molecular complexity index is 418. The van der Waals surface area contributed by atoms with Gasteiger partial charge in [0.25, 0.3) is 5.91 Å². The van der Waals surface area contributed by atoms with Crippen molar-refractivity contribution in [1.29, 1.82) is 0 Å². The lowest BCUT2D eigenvalue weighted by atomic mass is 10.2. The lowest BCUT2D eigenvalue weighted by molar-refractivity contribution is -0.139. The summed E-state index contributed by atoms with van der Waals surface area (Å²) in [5.41, 5.74) is 5.47. The number of aliphatic carboxylic acids is 1. The third-order valence-electron chi connectivity index (χ3n) is 2.27. The summed E-state index contributed by atoms with van der Waals surface area (Å²) in [5.74, 6) is -1.79. The summed E-state index contributed by atoms with van der Waals surface area (Å²) < 4.78 is 1.64. The number of hydrogen-bond donors (Lipinski definition) is 4. The average molecular weight is 256 g/mol. The number of carboxylic acid groups (broad SMARTS) is 1. The lowest BCUT2D eigenvalue weighted by Gasteiger charge is -2.11. The van der Waals surface area contributed by atoms with Gasteiger partial charge >= 0.3 is 5.97 Å². The fourth-order valence-electron chi connectivity index (χ4n) is 1.37. The van der Waals surface area contributed by atoms with E-state index < -0.39 is 17.9 Å². The van der Waals surface area contributed by atoms with E-state index in [1.807, 2.05) is 0 Å². The number of aliphatic hydroxyl groups is 1. The molecule has 0 saturated carbocycles. The van der Waals surface area contributed by atoms with Gasteiger partial charge in [0.1, 0.15) is 11.7 Å². The highest BCUT2D eigenvalue weighted by Gasteiger charge is 2.21. The van der Waals surface area contributed by atoms with Crippen molar-refractivity contribution >= 4 is 11.9 Å². The van der Waals surface area contributed by atoms with E-state index in [4.69, 9.17) is 15.9 Å². The zero-order valence-corrected chi connectivity index (χ0v) is 9.74. The SMILES string of the molecule is NCCn1cnc(C(=O)N[C@H](CCO)C(=O)O)c1. The van der Waals surface area contributed by atoms with Crippen molar-refractivity contribution in [1.82, 2.24) is 14.9 Å². The zero-order chi connectivity index (χ0) is 13.5. The number of carbonyl (C=O) groups is 2. The molecular weight excluding hydrogens is 240 g/mol. The first-order chi connectivity index (χ1) is 8.58. The first kappa shape index (κ1) is 14.1. The summed E-state index contributed by atoms with van der Waals surface area (Å²) in [4.78, 5) is 26.3. The normalized spacial score (nSPS) is 12.1. The molecule has 18 heavy (non-hydrogen) atoms. The second kappa shape index (κ2) is 6.72. The van der Waals surface area contributed by atoms with E-state index in [1.165, 1.54) is 12.5 Å². The van der Waals surface area contributed by atoms with Gasteiger partial charge in [-0.1, -0.05) is 0 Å². The van der Waals surface area contributed by atoms with Crippen molar-refractivity contribution in [2.45, 2.75) is 19.0 Å². The number of nitrogens with one attached hydrogen (secondary N) is 1. The zero-order valence-electron chi connectivity index (χ0n) is 9.74. The van der Waals surface area contributed by atoms with Gasteiger partial charge in [0, 0.05) is 32.3 Å². The van der Waals surface area contributed by atoms with Crippen LogP contribution in [0.1, 0.15) is 16.9 Å². The number of aliphatic hydroxyl groups excluding tert-OH is 1.